The van der Waals surface area contributed by atoms with Crippen LogP contribution in [-0.4, -0.2) is 41.7 Å². The molecule has 0 saturated carbocycles. The minimum Gasteiger partial charge on any atom is -0.460 e. The maximum Gasteiger partial charge on any atom is 0.500 e. The molecule has 0 heterocycles. The van der Waals surface area contributed by atoms with Crippen LogP contribution in [-0.2, 0) is 22.8 Å². The number of carbonyl (C=O) groups is 1. The molecule has 0 atom stereocenters. The molecule has 0 aliphatic rings. The molecule has 0 radical (unpaired) electrons. The third kappa shape index (κ3) is 6.77. The quantitative estimate of drug-likeness (QED) is 0.520. The molecular formula is C11H24O5Si. The SMILES string of the molecule is CO[Si](CCCC(=O)OC(C)(C)C)(OC)OC. The Morgan fingerprint density at radius 3 is 1.88 bits per heavy atom. The third-order valence-electron chi connectivity index (χ3n) is 2.22. The zero-order valence-electron chi connectivity index (χ0n) is 11.7. The molecule has 0 spiro atoms. The minimum absolute atomic E-state index is 0.205. The van der Waals surface area contributed by atoms with Crippen molar-refractivity contribution in [1.82, 2.24) is 0 Å². The van der Waals surface area contributed by atoms with Crippen molar-refractivity contribution in [3.63, 3.8) is 0 Å². The Kier molecular flexibility index (Phi) is 6.92. The molecule has 17 heavy (non-hydrogen) atoms. The Hall–Kier alpha value is -0.433. The van der Waals surface area contributed by atoms with Gasteiger partial charge in [-0.1, -0.05) is 0 Å². The van der Waals surface area contributed by atoms with E-state index in [1.54, 1.807) is 21.3 Å². The number of ether oxygens (including phenoxy) is 1. The summed E-state index contributed by atoms with van der Waals surface area (Å²) in [6, 6.07) is 0.607. The first-order valence-corrected chi connectivity index (χ1v) is 7.59. The van der Waals surface area contributed by atoms with E-state index < -0.39 is 14.4 Å². The molecular weight excluding hydrogens is 240 g/mol. The molecule has 0 aromatic rings. The second kappa shape index (κ2) is 7.10. The smallest absolute Gasteiger partial charge is 0.460 e. The third-order valence-corrected chi connectivity index (χ3v) is 5.05. The molecule has 6 heteroatoms. The van der Waals surface area contributed by atoms with Crippen molar-refractivity contribution < 1.29 is 22.8 Å². The lowest BCUT2D eigenvalue weighted by molar-refractivity contribution is -0.154. The van der Waals surface area contributed by atoms with Gasteiger partial charge in [0.05, 0.1) is 0 Å². The predicted octanol–water partition coefficient (Wildman–Crippen LogP) is 1.99. The molecule has 0 amide bonds. The fourth-order valence-electron chi connectivity index (χ4n) is 1.40. The second-order valence-electron chi connectivity index (χ2n) is 4.74. The van der Waals surface area contributed by atoms with Crippen LogP contribution in [0.4, 0.5) is 0 Å². The summed E-state index contributed by atoms with van der Waals surface area (Å²) in [5, 5.41) is 0. The van der Waals surface area contributed by atoms with E-state index in [1.165, 1.54) is 0 Å². The molecule has 102 valence electrons. The number of rotatable bonds is 7. The van der Waals surface area contributed by atoms with Crippen molar-refractivity contribution in [2.75, 3.05) is 21.3 Å². The molecule has 0 fully saturated rings. The van der Waals surface area contributed by atoms with Crippen LogP contribution in [0.15, 0.2) is 0 Å². The first-order valence-electron chi connectivity index (χ1n) is 5.66. The standard InChI is InChI=1S/C11H24O5Si/c1-11(2,3)16-10(12)8-7-9-17(13-4,14-5)15-6/h7-9H2,1-6H3. The molecule has 5 nitrogen and oxygen atoms in total. The van der Waals surface area contributed by atoms with Gasteiger partial charge >= 0.3 is 14.8 Å². The molecule has 0 aromatic carbocycles. The molecule has 0 saturated heterocycles. The minimum atomic E-state index is -2.55. The van der Waals surface area contributed by atoms with E-state index in [2.05, 4.69) is 0 Å². The van der Waals surface area contributed by atoms with Gasteiger partial charge in [0.15, 0.2) is 0 Å². The molecule has 0 aromatic heterocycles. The summed E-state index contributed by atoms with van der Waals surface area (Å²) in [4.78, 5) is 11.5. The van der Waals surface area contributed by atoms with Crippen molar-refractivity contribution in [3.05, 3.63) is 0 Å². The Balaban J connectivity index is 4.01. The van der Waals surface area contributed by atoms with Crippen LogP contribution in [0.5, 0.6) is 0 Å². The van der Waals surface area contributed by atoms with E-state index in [1.807, 2.05) is 20.8 Å². The Morgan fingerprint density at radius 1 is 1.06 bits per heavy atom. The van der Waals surface area contributed by atoms with Gasteiger partial charge in [-0.3, -0.25) is 4.79 Å². The lowest BCUT2D eigenvalue weighted by atomic mass is 10.2. The van der Waals surface area contributed by atoms with E-state index in [9.17, 15) is 4.79 Å². The molecule has 0 N–H and O–H groups in total. The molecule has 0 unspecified atom stereocenters. The summed E-state index contributed by atoms with van der Waals surface area (Å²) >= 11 is 0. The lowest BCUT2D eigenvalue weighted by Gasteiger charge is -2.24. The average molecular weight is 264 g/mol. The maximum atomic E-state index is 11.5. The van der Waals surface area contributed by atoms with Gasteiger partial charge in [-0.15, -0.1) is 0 Å². The highest BCUT2D eigenvalue weighted by Gasteiger charge is 2.37. The maximum absolute atomic E-state index is 11.5. The highest BCUT2D eigenvalue weighted by Crippen LogP contribution is 2.17. The van der Waals surface area contributed by atoms with Crippen LogP contribution in [0, 0.1) is 0 Å². The average Bonchev–Trinajstić information content (AvgIpc) is 2.22. The lowest BCUT2D eigenvalue weighted by Crippen LogP contribution is -2.42. The van der Waals surface area contributed by atoms with Crippen LogP contribution in [0.25, 0.3) is 0 Å². The van der Waals surface area contributed by atoms with E-state index in [0.29, 0.717) is 18.9 Å². The summed E-state index contributed by atoms with van der Waals surface area (Å²) in [5.41, 5.74) is -0.435. The van der Waals surface area contributed by atoms with Gasteiger partial charge in [0.2, 0.25) is 0 Å². The van der Waals surface area contributed by atoms with Crippen molar-refractivity contribution in [1.29, 1.82) is 0 Å². The fourth-order valence-corrected chi connectivity index (χ4v) is 3.12. The Labute approximate surface area is 105 Å². The van der Waals surface area contributed by atoms with Crippen LogP contribution < -0.4 is 0 Å². The van der Waals surface area contributed by atoms with Crippen molar-refractivity contribution in [2.24, 2.45) is 0 Å². The van der Waals surface area contributed by atoms with Gasteiger partial charge < -0.3 is 18.0 Å². The molecule has 0 bridgehead atoms. The summed E-state index contributed by atoms with van der Waals surface area (Å²) in [7, 11) is 2.14. The van der Waals surface area contributed by atoms with Crippen molar-refractivity contribution >= 4 is 14.8 Å². The Morgan fingerprint density at radius 2 is 1.53 bits per heavy atom. The summed E-state index contributed by atoms with van der Waals surface area (Å²) < 4.78 is 21.0. The number of esters is 1. The Bertz CT molecular complexity index is 224. The van der Waals surface area contributed by atoms with Crippen LogP contribution >= 0.6 is 0 Å². The van der Waals surface area contributed by atoms with Gasteiger partial charge in [-0.2, -0.15) is 0 Å². The number of hydrogen-bond acceptors (Lipinski definition) is 5. The van der Waals surface area contributed by atoms with Gasteiger partial charge in [0, 0.05) is 33.8 Å². The van der Waals surface area contributed by atoms with Crippen LogP contribution in [0.1, 0.15) is 33.6 Å². The number of carbonyl (C=O) groups excluding carboxylic acids is 1. The summed E-state index contributed by atoms with van der Waals surface area (Å²) in [6.45, 7) is 5.55. The fraction of sp³-hybridized carbons (Fsp3) is 0.909. The molecule has 0 aliphatic heterocycles. The van der Waals surface area contributed by atoms with Crippen LogP contribution in [0.3, 0.4) is 0 Å². The molecule has 0 aliphatic carbocycles. The van der Waals surface area contributed by atoms with Crippen molar-refractivity contribution in [2.45, 2.75) is 45.3 Å². The van der Waals surface area contributed by atoms with E-state index in [4.69, 9.17) is 18.0 Å². The van der Waals surface area contributed by atoms with Crippen molar-refractivity contribution in [3.8, 4) is 0 Å². The van der Waals surface area contributed by atoms with E-state index in [0.717, 1.165) is 0 Å². The zero-order valence-corrected chi connectivity index (χ0v) is 12.7. The van der Waals surface area contributed by atoms with Gasteiger partial charge in [-0.25, -0.2) is 0 Å². The van der Waals surface area contributed by atoms with Gasteiger partial charge in [0.25, 0.3) is 0 Å². The highest BCUT2D eigenvalue weighted by molar-refractivity contribution is 6.60. The summed E-state index contributed by atoms with van der Waals surface area (Å²) in [5.74, 6) is -0.205. The first-order chi connectivity index (χ1) is 7.78. The van der Waals surface area contributed by atoms with Gasteiger partial charge in [-0.05, 0) is 27.2 Å². The largest absolute Gasteiger partial charge is 0.500 e. The van der Waals surface area contributed by atoms with Crippen LogP contribution in [0.2, 0.25) is 6.04 Å². The molecule has 0 rings (SSSR count). The second-order valence-corrected chi connectivity index (χ2v) is 7.83. The highest BCUT2D eigenvalue weighted by atomic mass is 28.4. The first kappa shape index (κ1) is 16.6. The normalized spacial score (nSPS) is 12.6. The zero-order chi connectivity index (χ0) is 13.5. The topological polar surface area (TPSA) is 54.0 Å². The predicted molar refractivity (Wildman–Crippen MR) is 66.7 cm³/mol. The monoisotopic (exact) mass is 264 g/mol. The van der Waals surface area contributed by atoms with Gasteiger partial charge in [0.1, 0.15) is 5.60 Å². The van der Waals surface area contributed by atoms with E-state index >= 15 is 0 Å². The number of hydrogen-bond donors (Lipinski definition) is 0. The van der Waals surface area contributed by atoms with E-state index in [-0.39, 0.29) is 5.97 Å². The summed E-state index contributed by atoms with van der Waals surface area (Å²) in [6.07, 6.45) is 0.985.